The summed E-state index contributed by atoms with van der Waals surface area (Å²) in [6, 6.07) is 4.32. The summed E-state index contributed by atoms with van der Waals surface area (Å²) in [4.78, 5) is 13.9. The predicted molar refractivity (Wildman–Crippen MR) is 91.4 cm³/mol. The standard InChI is InChI=1S/C20H23NO4/c1-11-4-5-13-10-15-20(23)7-6-14(24-12(2)22)18-19(20,8-9-21(15)3)16(13)17(11)25-18/h4-6,15,18,23H,7-10H2,1-3H3. The number of carbonyl (C=O) groups is 1. The van der Waals surface area contributed by atoms with Crippen LogP contribution in [0.5, 0.6) is 5.75 Å². The highest BCUT2D eigenvalue weighted by molar-refractivity contribution is 5.69. The lowest BCUT2D eigenvalue weighted by molar-refractivity contribution is -0.168. The summed E-state index contributed by atoms with van der Waals surface area (Å²) in [6.07, 6.45) is 3.54. The Morgan fingerprint density at radius 1 is 1.44 bits per heavy atom. The highest BCUT2D eigenvalue weighted by Gasteiger charge is 2.71. The second kappa shape index (κ2) is 4.65. The van der Waals surface area contributed by atoms with Gasteiger partial charge < -0.3 is 19.5 Å². The van der Waals surface area contributed by atoms with Crippen LogP contribution in [0.3, 0.4) is 0 Å². The van der Waals surface area contributed by atoms with E-state index < -0.39 is 17.1 Å². The van der Waals surface area contributed by atoms with Crippen molar-refractivity contribution in [2.45, 2.75) is 56.3 Å². The zero-order valence-corrected chi connectivity index (χ0v) is 14.8. The molecule has 1 fully saturated rings. The number of nitrogens with zero attached hydrogens (tertiary/aromatic N) is 1. The van der Waals surface area contributed by atoms with Crippen LogP contribution in [0, 0.1) is 6.92 Å². The van der Waals surface area contributed by atoms with Crippen molar-refractivity contribution in [2.75, 3.05) is 13.6 Å². The van der Waals surface area contributed by atoms with E-state index in [1.165, 1.54) is 12.5 Å². The van der Waals surface area contributed by atoms with E-state index in [4.69, 9.17) is 9.47 Å². The molecule has 1 aromatic rings. The van der Waals surface area contributed by atoms with Crippen molar-refractivity contribution in [1.29, 1.82) is 0 Å². The summed E-state index contributed by atoms with van der Waals surface area (Å²) < 4.78 is 11.9. The molecule has 4 atom stereocenters. The van der Waals surface area contributed by atoms with Gasteiger partial charge in [-0.3, -0.25) is 4.79 Å². The summed E-state index contributed by atoms with van der Waals surface area (Å²) in [5, 5.41) is 11.9. The van der Waals surface area contributed by atoms with Crippen LogP contribution in [0.1, 0.15) is 36.5 Å². The molecule has 2 bridgehead atoms. The summed E-state index contributed by atoms with van der Waals surface area (Å²) >= 11 is 0. The number of likely N-dealkylation sites (N-methyl/N-ethyl adjacent to an activating group) is 1. The van der Waals surface area contributed by atoms with E-state index in [1.807, 2.05) is 13.0 Å². The van der Waals surface area contributed by atoms with Crippen molar-refractivity contribution in [3.63, 3.8) is 0 Å². The quantitative estimate of drug-likeness (QED) is 0.790. The van der Waals surface area contributed by atoms with Gasteiger partial charge in [-0.05, 0) is 50.6 Å². The Labute approximate surface area is 147 Å². The monoisotopic (exact) mass is 341 g/mol. The van der Waals surface area contributed by atoms with Crippen molar-refractivity contribution < 1.29 is 19.4 Å². The molecule has 0 radical (unpaired) electrons. The molecule has 1 N–H and O–H groups in total. The maximum absolute atomic E-state index is 11.9. The zero-order valence-electron chi connectivity index (χ0n) is 14.8. The van der Waals surface area contributed by atoms with E-state index in [0.717, 1.165) is 36.3 Å². The van der Waals surface area contributed by atoms with Gasteiger partial charge in [-0.15, -0.1) is 0 Å². The van der Waals surface area contributed by atoms with Crippen LogP contribution < -0.4 is 4.74 Å². The number of aliphatic hydroxyl groups is 1. The van der Waals surface area contributed by atoms with E-state index >= 15 is 0 Å². The third-order valence-corrected chi connectivity index (χ3v) is 6.83. The Bertz CT molecular complexity index is 831. The van der Waals surface area contributed by atoms with E-state index in [0.29, 0.717) is 12.2 Å². The zero-order chi connectivity index (χ0) is 17.6. The first kappa shape index (κ1) is 15.4. The highest BCUT2D eigenvalue weighted by Crippen LogP contribution is 2.64. The lowest BCUT2D eigenvalue weighted by Crippen LogP contribution is -2.74. The number of piperidine rings is 1. The average Bonchev–Trinajstić information content (AvgIpc) is 2.91. The molecule has 1 saturated heterocycles. The molecule has 0 aromatic heterocycles. The minimum Gasteiger partial charge on any atom is -0.481 e. The minimum absolute atomic E-state index is 0.0450. The molecular weight excluding hydrogens is 318 g/mol. The smallest absolute Gasteiger partial charge is 0.307 e. The number of esters is 1. The van der Waals surface area contributed by atoms with Gasteiger partial charge in [0.15, 0.2) is 6.10 Å². The van der Waals surface area contributed by atoms with Crippen LogP contribution in [-0.2, 0) is 21.4 Å². The van der Waals surface area contributed by atoms with Crippen LogP contribution in [-0.4, -0.2) is 47.3 Å². The molecule has 0 saturated carbocycles. The largest absolute Gasteiger partial charge is 0.481 e. The van der Waals surface area contributed by atoms with Crippen molar-refractivity contribution in [2.24, 2.45) is 0 Å². The lowest BCUT2D eigenvalue weighted by atomic mass is 9.50. The van der Waals surface area contributed by atoms with Gasteiger partial charge in [-0.1, -0.05) is 12.1 Å². The molecule has 2 heterocycles. The van der Waals surface area contributed by atoms with Gasteiger partial charge in [0.05, 0.1) is 11.0 Å². The number of carbonyl (C=O) groups excluding carboxylic acids is 1. The van der Waals surface area contributed by atoms with Gasteiger partial charge >= 0.3 is 5.97 Å². The Hall–Kier alpha value is -1.85. The molecule has 1 aromatic carbocycles. The molecule has 25 heavy (non-hydrogen) atoms. The topological polar surface area (TPSA) is 59.0 Å². The normalized spacial score (nSPS) is 37.8. The Morgan fingerprint density at radius 2 is 2.24 bits per heavy atom. The van der Waals surface area contributed by atoms with Gasteiger partial charge in [0, 0.05) is 24.9 Å². The van der Waals surface area contributed by atoms with E-state index in [1.54, 1.807) is 0 Å². The second-order valence-corrected chi connectivity index (χ2v) is 7.99. The van der Waals surface area contributed by atoms with Gasteiger partial charge in [0.25, 0.3) is 0 Å². The van der Waals surface area contributed by atoms with E-state index in [9.17, 15) is 9.90 Å². The fourth-order valence-electron chi connectivity index (χ4n) is 5.75. The lowest BCUT2D eigenvalue weighted by Gasteiger charge is -2.61. The third-order valence-electron chi connectivity index (χ3n) is 6.83. The number of rotatable bonds is 1. The SMILES string of the molecule is CC(=O)OC1=CCC2(O)C3Cc4ccc(C)c5c4C2(CCN3C)C1O5. The molecular formula is C20H23NO4. The van der Waals surface area contributed by atoms with E-state index in [2.05, 4.69) is 24.1 Å². The van der Waals surface area contributed by atoms with E-state index in [-0.39, 0.29) is 12.0 Å². The van der Waals surface area contributed by atoms with Crippen LogP contribution >= 0.6 is 0 Å². The molecule has 5 nitrogen and oxygen atoms in total. The fourth-order valence-corrected chi connectivity index (χ4v) is 5.75. The first-order valence-electron chi connectivity index (χ1n) is 8.99. The van der Waals surface area contributed by atoms with Crippen LogP contribution in [0.25, 0.3) is 0 Å². The fraction of sp³-hybridized carbons (Fsp3) is 0.550. The number of ether oxygens (including phenoxy) is 2. The first-order valence-corrected chi connectivity index (χ1v) is 8.99. The van der Waals surface area contributed by atoms with Crippen molar-refractivity contribution >= 4 is 5.97 Å². The van der Waals surface area contributed by atoms with Gasteiger partial charge in [-0.25, -0.2) is 0 Å². The molecule has 2 aliphatic heterocycles. The van der Waals surface area contributed by atoms with Crippen molar-refractivity contribution in [3.05, 3.63) is 40.7 Å². The number of hydrogen-bond acceptors (Lipinski definition) is 5. The molecule has 2 aliphatic carbocycles. The predicted octanol–water partition coefficient (Wildman–Crippen LogP) is 1.84. The molecule has 0 amide bonds. The first-order chi connectivity index (χ1) is 11.9. The summed E-state index contributed by atoms with van der Waals surface area (Å²) in [5.41, 5.74) is 2.05. The molecule has 5 heteroatoms. The van der Waals surface area contributed by atoms with Gasteiger partial charge in [0.1, 0.15) is 11.5 Å². The maximum atomic E-state index is 11.9. The number of aryl methyl sites for hydroxylation is 1. The average molecular weight is 341 g/mol. The molecule has 132 valence electrons. The highest BCUT2D eigenvalue weighted by atomic mass is 16.6. The summed E-state index contributed by atoms with van der Waals surface area (Å²) in [6.45, 7) is 4.35. The summed E-state index contributed by atoms with van der Waals surface area (Å²) in [5.74, 6) is 1.10. The van der Waals surface area contributed by atoms with Crippen LogP contribution in [0.15, 0.2) is 24.0 Å². The van der Waals surface area contributed by atoms with Gasteiger partial charge in [0.2, 0.25) is 0 Å². The van der Waals surface area contributed by atoms with Crippen molar-refractivity contribution in [3.8, 4) is 5.75 Å². The minimum atomic E-state index is -0.902. The molecule has 4 unspecified atom stereocenters. The number of benzene rings is 1. The van der Waals surface area contributed by atoms with Crippen LogP contribution in [0.2, 0.25) is 0 Å². The Morgan fingerprint density at radius 3 is 3.00 bits per heavy atom. The molecule has 5 rings (SSSR count). The second-order valence-electron chi connectivity index (χ2n) is 7.99. The Balaban J connectivity index is 1.80. The molecule has 1 spiro atoms. The van der Waals surface area contributed by atoms with Crippen molar-refractivity contribution in [1.82, 2.24) is 4.90 Å². The molecule has 4 aliphatic rings. The number of likely N-dealkylation sites (tertiary alicyclic amines) is 1. The maximum Gasteiger partial charge on any atom is 0.307 e. The van der Waals surface area contributed by atoms with Gasteiger partial charge in [-0.2, -0.15) is 0 Å². The Kier molecular flexibility index (Phi) is 2.87. The number of hydrogen-bond donors (Lipinski definition) is 1. The third kappa shape index (κ3) is 1.64. The van der Waals surface area contributed by atoms with Crippen LogP contribution in [0.4, 0.5) is 0 Å². The summed E-state index contributed by atoms with van der Waals surface area (Å²) in [7, 11) is 2.09.